The van der Waals surface area contributed by atoms with Crippen molar-refractivity contribution in [2.24, 2.45) is 0 Å². The van der Waals surface area contributed by atoms with Crippen LogP contribution in [0.4, 0.5) is 20.6 Å². The molecule has 2 amide bonds. The zero-order chi connectivity index (χ0) is 17.6. The van der Waals surface area contributed by atoms with Gasteiger partial charge in [0, 0.05) is 12.1 Å². The average molecular weight is 387 g/mol. The second-order valence-electron chi connectivity index (χ2n) is 6.53. The molecule has 1 aliphatic heterocycles. The maximum atomic E-state index is 14.1. The van der Waals surface area contributed by atoms with Crippen LogP contribution in [0.3, 0.4) is 0 Å². The van der Waals surface area contributed by atoms with Gasteiger partial charge in [0.1, 0.15) is 15.7 Å². The van der Waals surface area contributed by atoms with E-state index in [9.17, 15) is 14.0 Å². The summed E-state index contributed by atoms with van der Waals surface area (Å²) in [7, 11) is 0. The second kappa shape index (κ2) is 5.78. The summed E-state index contributed by atoms with van der Waals surface area (Å²) in [5.41, 5.74) is 0.491. The number of benzene rings is 1. The van der Waals surface area contributed by atoms with Gasteiger partial charge in [-0.1, -0.05) is 15.9 Å². The molecule has 7 heteroatoms. The minimum atomic E-state index is -1.04. The standard InChI is InChI=1S/C16H20BrFN2O3/c1-6-20(14(22)23-15(2,3)4)11-8-9(18)7-10-12(11)19-13(21)16(10,5)17/h7-8H,6H2,1-5H3,(H,19,21). The van der Waals surface area contributed by atoms with Crippen molar-refractivity contribution in [3.8, 4) is 0 Å². The van der Waals surface area contributed by atoms with Gasteiger partial charge in [0.05, 0.1) is 11.4 Å². The van der Waals surface area contributed by atoms with Crippen LogP contribution < -0.4 is 10.2 Å². The minimum Gasteiger partial charge on any atom is -0.443 e. The van der Waals surface area contributed by atoms with Crippen LogP contribution in [-0.2, 0) is 13.9 Å². The molecule has 0 saturated carbocycles. The van der Waals surface area contributed by atoms with Gasteiger partial charge in [-0.2, -0.15) is 0 Å². The summed E-state index contributed by atoms with van der Waals surface area (Å²) in [5.74, 6) is -0.831. The molecule has 0 fully saturated rings. The predicted molar refractivity (Wildman–Crippen MR) is 90.6 cm³/mol. The van der Waals surface area contributed by atoms with E-state index in [1.165, 1.54) is 17.0 Å². The Hall–Kier alpha value is -1.63. The van der Waals surface area contributed by atoms with E-state index in [1.54, 1.807) is 34.6 Å². The molecule has 0 bridgehead atoms. The smallest absolute Gasteiger partial charge is 0.414 e. The van der Waals surface area contributed by atoms with Gasteiger partial charge in [0.15, 0.2) is 0 Å². The van der Waals surface area contributed by atoms with Gasteiger partial charge < -0.3 is 10.1 Å². The Balaban J connectivity index is 2.52. The average Bonchev–Trinajstić information content (AvgIpc) is 2.60. The lowest BCUT2D eigenvalue weighted by Gasteiger charge is -2.28. The third-order valence-electron chi connectivity index (χ3n) is 3.47. The molecule has 1 heterocycles. The van der Waals surface area contributed by atoms with Crippen LogP contribution in [0.15, 0.2) is 12.1 Å². The van der Waals surface area contributed by atoms with Crippen LogP contribution in [0.2, 0.25) is 0 Å². The molecule has 1 unspecified atom stereocenters. The number of carbonyl (C=O) groups is 2. The number of alkyl halides is 1. The van der Waals surface area contributed by atoms with Crippen LogP contribution in [0.25, 0.3) is 0 Å². The normalized spacial score (nSPS) is 20.0. The minimum absolute atomic E-state index is 0.277. The second-order valence-corrected chi connectivity index (χ2v) is 8.12. The number of amides is 2. The highest BCUT2D eigenvalue weighted by Crippen LogP contribution is 2.47. The van der Waals surface area contributed by atoms with E-state index < -0.39 is 21.8 Å². The van der Waals surface area contributed by atoms with Crippen molar-refractivity contribution in [1.29, 1.82) is 0 Å². The Morgan fingerprint density at radius 1 is 1.43 bits per heavy atom. The van der Waals surface area contributed by atoms with E-state index in [0.29, 0.717) is 11.3 Å². The maximum Gasteiger partial charge on any atom is 0.414 e. The lowest BCUT2D eigenvalue weighted by molar-refractivity contribution is -0.117. The van der Waals surface area contributed by atoms with Crippen LogP contribution in [0.5, 0.6) is 0 Å². The molecule has 2 rings (SSSR count). The fraction of sp³-hybridized carbons (Fsp3) is 0.500. The zero-order valence-corrected chi connectivity index (χ0v) is 15.4. The van der Waals surface area contributed by atoms with E-state index in [4.69, 9.17) is 4.74 Å². The molecule has 5 nitrogen and oxygen atoms in total. The van der Waals surface area contributed by atoms with E-state index in [2.05, 4.69) is 21.2 Å². The molecule has 1 N–H and O–H groups in total. The van der Waals surface area contributed by atoms with Crippen molar-refractivity contribution in [1.82, 2.24) is 0 Å². The molecular formula is C16H20BrFN2O3. The first-order valence-electron chi connectivity index (χ1n) is 7.32. The number of nitrogens with zero attached hydrogens (tertiary/aromatic N) is 1. The summed E-state index contributed by atoms with van der Waals surface area (Å²) in [6.45, 7) is 8.94. The van der Waals surface area contributed by atoms with Gasteiger partial charge in [0.25, 0.3) is 0 Å². The zero-order valence-electron chi connectivity index (χ0n) is 13.8. The van der Waals surface area contributed by atoms with Gasteiger partial charge in [-0.05, 0) is 46.8 Å². The van der Waals surface area contributed by atoms with E-state index in [0.717, 1.165) is 0 Å². The number of nitrogens with one attached hydrogen (secondary N) is 1. The Labute approximate surface area is 143 Å². The topological polar surface area (TPSA) is 58.6 Å². The lowest BCUT2D eigenvalue weighted by Crippen LogP contribution is -2.37. The first-order chi connectivity index (χ1) is 10.5. The summed E-state index contributed by atoms with van der Waals surface area (Å²) in [4.78, 5) is 25.8. The summed E-state index contributed by atoms with van der Waals surface area (Å²) >= 11 is 3.32. The molecule has 0 aliphatic carbocycles. The van der Waals surface area contributed by atoms with E-state index in [1.807, 2.05) is 0 Å². The van der Waals surface area contributed by atoms with E-state index in [-0.39, 0.29) is 18.1 Å². The van der Waals surface area contributed by atoms with Gasteiger partial charge in [-0.25, -0.2) is 9.18 Å². The maximum absolute atomic E-state index is 14.1. The summed E-state index contributed by atoms with van der Waals surface area (Å²) in [6, 6.07) is 2.51. The van der Waals surface area contributed by atoms with Crippen LogP contribution in [0, 0.1) is 5.82 Å². The van der Waals surface area contributed by atoms with Crippen molar-refractivity contribution in [2.45, 2.75) is 44.5 Å². The number of ether oxygens (including phenoxy) is 1. The Bertz CT molecular complexity index is 668. The first-order valence-corrected chi connectivity index (χ1v) is 8.11. The Morgan fingerprint density at radius 2 is 2.04 bits per heavy atom. The molecule has 1 atom stereocenters. The lowest BCUT2D eigenvalue weighted by atomic mass is 10.0. The molecule has 0 aromatic heterocycles. The van der Waals surface area contributed by atoms with Crippen molar-refractivity contribution in [3.05, 3.63) is 23.5 Å². The SMILES string of the molecule is CCN(C(=O)OC(C)(C)C)c1cc(F)cc2c1NC(=O)C2(C)Br. The van der Waals surface area contributed by atoms with Crippen molar-refractivity contribution in [3.63, 3.8) is 0 Å². The van der Waals surface area contributed by atoms with Gasteiger partial charge >= 0.3 is 6.09 Å². The fourth-order valence-corrected chi connectivity index (χ4v) is 2.79. The molecule has 0 saturated heterocycles. The van der Waals surface area contributed by atoms with Gasteiger partial charge in [0.2, 0.25) is 5.91 Å². The summed E-state index contributed by atoms with van der Waals surface area (Å²) < 4.78 is 18.4. The van der Waals surface area contributed by atoms with Crippen LogP contribution in [-0.4, -0.2) is 24.1 Å². The quantitative estimate of drug-likeness (QED) is 0.776. The first kappa shape index (κ1) is 17.7. The van der Waals surface area contributed by atoms with Crippen molar-refractivity contribution >= 4 is 39.3 Å². The molecule has 1 aliphatic rings. The molecule has 0 spiro atoms. The molecule has 1 aromatic rings. The third kappa shape index (κ3) is 3.34. The van der Waals surface area contributed by atoms with Crippen LogP contribution in [0.1, 0.15) is 40.2 Å². The molecule has 23 heavy (non-hydrogen) atoms. The number of fused-ring (bicyclic) bond motifs is 1. The highest BCUT2D eigenvalue weighted by molar-refractivity contribution is 9.10. The summed E-state index contributed by atoms with van der Waals surface area (Å²) in [6.07, 6.45) is -0.592. The summed E-state index contributed by atoms with van der Waals surface area (Å²) in [5, 5.41) is 2.71. The van der Waals surface area contributed by atoms with Crippen LogP contribution >= 0.6 is 15.9 Å². The van der Waals surface area contributed by atoms with Crippen molar-refractivity contribution < 1.29 is 18.7 Å². The monoisotopic (exact) mass is 386 g/mol. The molecule has 1 aromatic carbocycles. The number of anilines is 2. The van der Waals surface area contributed by atoms with E-state index >= 15 is 0 Å². The molecule has 0 radical (unpaired) electrons. The molecule has 126 valence electrons. The van der Waals surface area contributed by atoms with Gasteiger partial charge in [-0.3, -0.25) is 9.69 Å². The number of hydrogen-bond donors (Lipinski definition) is 1. The molecular weight excluding hydrogens is 367 g/mol. The highest BCUT2D eigenvalue weighted by Gasteiger charge is 2.43. The predicted octanol–water partition coefficient (Wildman–Crippen LogP) is 4.15. The largest absolute Gasteiger partial charge is 0.443 e. The Kier molecular flexibility index (Phi) is 4.45. The fourth-order valence-electron chi connectivity index (χ4n) is 2.38. The number of carbonyl (C=O) groups excluding carboxylic acids is 2. The number of hydrogen-bond acceptors (Lipinski definition) is 3. The Morgan fingerprint density at radius 3 is 2.57 bits per heavy atom. The third-order valence-corrected chi connectivity index (χ3v) is 4.26. The number of halogens is 2. The number of rotatable bonds is 2. The van der Waals surface area contributed by atoms with Crippen molar-refractivity contribution in [2.75, 3.05) is 16.8 Å². The van der Waals surface area contributed by atoms with Gasteiger partial charge in [-0.15, -0.1) is 0 Å². The highest BCUT2D eigenvalue weighted by atomic mass is 79.9.